The molecular weight excluding hydrogens is 298 g/mol. The van der Waals surface area contributed by atoms with Crippen LogP contribution in [0, 0.1) is 0 Å². The maximum Gasteiger partial charge on any atom is 0.274 e. The molecule has 0 bridgehead atoms. The van der Waals surface area contributed by atoms with E-state index in [0.717, 1.165) is 0 Å². The second-order valence-electron chi connectivity index (χ2n) is 5.55. The summed E-state index contributed by atoms with van der Waals surface area (Å²) in [7, 11) is 1.67. The van der Waals surface area contributed by atoms with Crippen molar-refractivity contribution in [2.45, 2.75) is 25.9 Å². The SMILES string of the molecule is C=CC(=O)NCCCN(C)C(=O)c1cc2n(n1)CC(C)NC2=O. The van der Waals surface area contributed by atoms with E-state index in [1.165, 1.54) is 17.0 Å². The predicted octanol–water partition coefficient (Wildman–Crippen LogP) is -0.221. The lowest BCUT2D eigenvalue weighted by atomic mass is 10.2. The smallest absolute Gasteiger partial charge is 0.274 e. The van der Waals surface area contributed by atoms with Crippen molar-refractivity contribution in [2.24, 2.45) is 0 Å². The number of carbonyl (C=O) groups is 3. The fourth-order valence-corrected chi connectivity index (χ4v) is 2.34. The normalized spacial score (nSPS) is 16.3. The topological polar surface area (TPSA) is 96.3 Å². The fraction of sp³-hybridized carbons (Fsp3) is 0.467. The minimum absolute atomic E-state index is 0.0101. The van der Waals surface area contributed by atoms with Crippen LogP contribution in [-0.4, -0.2) is 58.6 Å². The van der Waals surface area contributed by atoms with E-state index in [-0.39, 0.29) is 29.5 Å². The molecule has 0 aliphatic carbocycles. The molecule has 1 aromatic rings. The number of hydrogen-bond donors (Lipinski definition) is 2. The Morgan fingerprint density at radius 1 is 1.61 bits per heavy atom. The Kier molecular flexibility index (Phi) is 5.15. The Balaban J connectivity index is 1.93. The first kappa shape index (κ1) is 16.7. The van der Waals surface area contributed by atoms with Gasteiger partial charge in [0.2, 0.25) is 5.91 Å². The van der Waals surface area contributed by atoms with Gasteiger partial charge in [-0.2, -0.15) is 5.10 Å². The molecule has 0 saturated heterocycles. The number of aromatic nitrogens is 2. The molecule has 23 heavy (non-hydrogen) atoms. The maximum atomic E-state index is 12.3. The van der Waals surface area contributed by atoms with Crippen LogP contribution in [0.15, 0.2) is 18.7 Å². The first-order valence-corrected chi connectivity index (χ1v) is 7.46. The molecule has 2 rings (SSSR count). The van der Waals surface area contributed by atoms with Crippen molar-refractivity contribution in [1.29, 1.82) is 0 Å². The van der Waals surface area contributed by atoms with Gasteiger partial charge in [0.1, 0.15) is 5.69 Å². The zero-order valence-corrected chi connectivity index (χ0v) is 13.3. The molecule has 0 radical (unpaired) electrons. The van der Waals surface area contributed by atoms with Crippen LogP contribution >= 0.6 is 0 Å². The van der Waals surface area contributed by atoms with E-state index in [1.807, 2.05) is 6.92 Å². The van der Waals surface area contributed by atoms with Crippen molar-refractivity contribution in [1.82, 2.24) is 25.3 Å². The largest absolute Gasteiger partial charge is 0.353 e. The monoisotopic (exact) mass is 319 g/mol. The summed E-state index contributed by atoms with van der Waals surface area (Å²) >= 11 is 0. The van der Waals surface area contributed by atoms with Crippen molar-refractivity contribution in [3.63, 3.8) is 0 Å². The number of amides is 3. The molecule has 0 spiro atoms. The van der Waals surface area contributed by atoms with Crippen LogP contribution in [0.5, 0.6) is 0 Å². The molecule has 0 saturated carbocycles. The second-order valence-corrected chi connectivity index (χ2v) is 5.55. The van der Waals surface area contributed by atoms with Crippen LogP contribution in [0.3, 0.4) is 0 Å². The van der Waals surface area contributed by atoms with Crippen molar-refractivity contribution in [3.8, 4) is 0 Å². The summed E-state index contributed by atoms with van der Waals surface area (Å²) in [4.78, 5) is 36.8. The molecule has 1 atom stereocenters. The third-order valence-corrected chi connectivity index (χ3v) is 3.56. The van der Waals surface area contributed by atoms with Gasteiger partial charge < -0.3 is 15.5 Å². The Morgan fingerprint density at radius 3 is 3.04 bits per heavy atom. The molecule has 0 aromatic carbocycles. The molecule has 124 valence electrons. The highest BCUT2D eigenvalue weighted by molar-refractivity contribution is 5.98. The van der Waals surface area contributed by atoms with E-state index < -0.39 is 0 Å². The van der Waals surface area contributed by atoms with E-state index in [9.17, 15) is 14.4 Å². The van der Waals surface area contributed by atoms with Gasteiger partial charge >= 0.3 is 0 Å². The third kappa shape index (κ3) is 3.97. The summed E-state index contributed by atoms with van der Waals surface area (Å²) in [5.74, 6) is -0.701. The van der Waals surface area contributed by atoms with Gasteiger partial charge in [-0.1, -0.05) is 6.58 Å². The van der Waals surface area contributed by atoms with Crippen LogP contribution in [0.4, 0.5) is 0 Å². The van der Waals surface area contributed by atoms with Crippen molar-refractivity contribution >= 4 is 17.7 Å². The summed E-state index contributed by atoms with van der Waals surface area (Å²) < 4.78 is 1.56. The Morgan fingerprint density at radius 2 is 2.35 bits per heavy atom. The highest BCUT2D eigenvalue weighted by Gasteiger charge is 2.26. The first-order valence-electron chi connectivity index (χ1n) is 7.46. The van der Waals surface area contributed by atoms with E-state index in [2.05, 4.69) is 22.3 Å². The van der Waals surface area contributed by atoms with Gasteiger partial charge in [0.15, 0.2) is 5.69 Å². The lowest BCUT2D eigenvalue weighted by Crippen LogP contribution is -2.42. The maximum absolute atomic E-state index is 12.3. The zero-order valence-electron chi connectivity index (χ0n) is 13.3. The van der Waals surface area contributed by atoms with Crippen molar-refractivity contribution < 1.29 is 14.4 Å². The van der Waals surface area contributed by atoms with Crippen molar-refractivity contribution in [3.05, 3.63) is 30.1 Å². The summed E-state index contributed by atoms with van der Waals surface area (Å²) in [6.07, 6.45) is 1.82. The standard InChI is InChI=1S/C15H21N5O3/c1-4-13(21)16-6-5-7-19(3)15(23)11-8-12-14(22)17-10(2)9-20(12)18-11/h4,8,10H,1,5-7,9H2,2-3H3,(H,16,21)(H,17,22). The lowest BCUT2D eigenvalue weighted by molar-refractivity contribution is -0.116. The van der Waals surface area contributed by atoms with Crippen LogP contribution in [0.2, 0.25) is 0 Å². The number of nitrogens with one attached hydrogen (secondary N) is 2. The van der Waals surface area contributed by atoms with Crippen molar-refractivity contribution in [2.75, 3.05) is 20.1 Å². The fourth-order valence-electron chi connectivity index (χ4n) is 2.34. The summed E-state index contributed by atoms with van der Waals surface area (Å²) in [5.41, 5.74) is 0.653. The number of nitrogens with zero attached hydrogens (tertiary/aromatic N) is 3. The molecule has 1 aliphatic heterocycles. The van der Waals surface area contributed by atoms with E-state index in [1.54, 1.807) is 11.7 Å². The highest BCUT2D eigenvalue weighted by Crippen LogP contribution is 2.12. The van der Waals surface area contributed by atoms with Gasteiger partial charge in [-0.3, -0.25) is 19.1 Å². The molecular formula is C15H21N5O3. The zero-order chi connectivity index (χ0) is 17.0. The average molecular weight is 319 g/mol. The van der Waals surface area contributed by atoms with E-state index >= 15 is 0 Å². The number of rotatable bonds is 6. The Hall–Kier alpha value is -2.64. The molecule has 1 unspecified atom stereocenters. The van der Waals surface area contributed by atoms with Gasteiger partial charge in [-0.15, -0.1) is 0 Å². The van der Waals surface area contributed by atoms with Gasteiger partial charge in [-0.25, -0.2) is 0 Å². The number of hydrogen-bond acceptors (Lipinski definition) is 4. The molecule has 8 heteroatoms. The average Bonchev–Trinajstić information content (AvgIpc) is 2.94. The minimum atomic E-state index is -0.248. The van der Waals surface area contributed by atoms with E-state index in [0.29, 0.717) is 31.7 Å². The van der Waals surface area contributed by atoms with Crippen LogP contribution in [0.1, 0.15) is 34.3 Å². The molecule has 1 aromatic heterocycles. The Bertz CT molecular complexity index is 637. The third-order valence-electron chi connectivity index (χ3n) is 3.56. The number of fused-ring (bicyclic) bond motifs is 1. The summed E-state index contributed by atoms with van der Waals surface area (Å²) in [6, 6.07) is 1.50. The summed E-state index contributed by atoms with van der Waals surface area (Å²) in [5, 5.41) is 9.68. The van der Waals surface area contributed by atoms with Gasteiger partial charge in [0.25, 0.3) is 11.8 Å². The summed E-state index contributed by atoms with van der Waals surface area (Å²) in [6.45, 7) is 6.73. The van der Waals surface area contributed by atoms with E-state index in [4.69, 9.17) is 0 Å². The molecule has 8 nitrogen and oxygen atoms in total. The Labute approximate surface area is 134 Å². The van der Waals surface area contributed by atoms with Gasteiger partial charge in [0, 0.05) is 32.2 Å². The molecule has 3 amide bonds. The number of carbonyl (C=O) groups excluding carboxylic acids is 3. The molecule has 0 fully saturated rings. The second kappa shape index (κ2) is 7.08. The minimum Gasteiger partial charge on any atom is -0.353 e. The quantitative estimate of drug-likeness (QED) is 0.559. The molecule has 2 N–H and O–H groups in total. The van der Waals surface area contributed by atoms with Gasteiger partial charge in [0.05, 0.1) is 6.54 Å². The van der Waals surface area contributed by atoms with Crippen LogP contribution in [0.25, 0.3) is 0 Å². The molecule has 1 aliphatic rings. The highest BCUT2D eigenvalue weighted by atomic mass is 16.2. The first-order chi connectivity index (χ1) is 10.9. The van der Waals surface area contributed by atoms with Crippen LogP contribution in [-0.2, 0) is 11.3 Å². The van der Waals surface area contributed by atoms with Crippen LogP contribution < -0.4 is 10.6 Å². The molecule has 2 heterocycles. The lowest BCUT2D eigenvalue weighted by Gasteiger charge is -2.20. The van der Waals surface area contributed by atoms with Gasteiger partial charge in [-0.05, 0) is 19.4 Å². The predicted molar refractivity (Wildman–Crippen MR) is 83.9 cm³/mol.